The molecule has 0 saturated carbocycles. The van der Waals surface area contributed by atoms with Crippen LogP contribution in [-0.2, 0) is 17.1 Å². The normalized spacial score (nSPS) is 11.2. The second kappa shape index (κ2) is 4.77. The van der Waals surface area contributed by atoms with Crippen LogP contribution in [0.2, 0.25) is 0 Å². The molecule has 3 N–H and O–H groups in total. The van der Waals surface area contributed by atoms with Crippen LogP contribution in [-0.4, -0.2) is 44.8 Å². The van der Waals surface area contributed by atoms with Crippen molar-refractivity contribution in [3.8, 4) is 5.75 Å². The molecule has 1 aromatic heterocycles. The van der Waals surface area contributed by atoms with Gasteiger partial charge in [-0.3, -0.25) is 0 Å². The van der Waals surface area contributed by atoms with Crippen LogP contribution >= 0.6 is 0 Å². The van der Waals surface area contributed by atoms with E-state index in [1.165, 1.54) is 7.05 Å². The molecule has 0 radical (unpaired) electrons. The lowest BCUT2D eigenvalue weighted by molar-refractivity contribution is 0.0693. The first-order valence-corrected chi connectivity index (χ1v) is 6.61. The molecule has 0 bridgehead atoms. The minimum atomic E-state index is -4.08. The minimum Gasteiger partial charge on any atom is -0.507 e. The number of benzene rings is 1. The highest BCUT2D eigenvalue weighted by molar-refractivity contribution is 7.92. The molecule has 0 fully saturated rings. The maximum atomic E-state index is 12.0. The monoisotopic (exact) mass is 299 g/mol. The molecule has 1 aromatic carbocycles. The number of sulfonamides is 1. The quantitative estimate of drug-likeness (QED) is 0.678. The molecule has 0 aliphatic rings. The van der Waals surface area contributed by atoms with Crippen LogP contribution in [0.5, 0.6) is 5.75 Å². The van der Waals surface area contributed by atoms with Gasteiger partial charge in [-0.05, 0) is 23.4 Å². The molecule has 10 nitrogen and oxygen atoms in total. The van der Waals surface area contributed by atoms with E-state index in [0.717, 1.165) is 23.0 Å². The lowest BCUT2D eigenvalue weighted by atomic mass is 10.2. The van der Waals surface area contributed by atoms with Gasteiger partial charge in [0.2, 0.25) is 0 Å². The van der Waals surface area contributed by atoms with Gasteiger partial charge in [-0.15, -0.1) is 5.10 Å². The van der Waals surface area contributed by atoms with Crippen LogP contribution in [0, 0.1) is 0 Å². The van der Waals surface area contributed by atoms with Gasteiger partial charge in [0.1, 0.15) is 11.3 Å². The van der Waals surface area contributed by atoms with Crippen LogP contribution in [0.1, 0.15) is 10.4 Å². The first kappa shape index (κ1) is 13.7. The van der Waals surface area contributed by atoms with E-state index in [1.807, 2.05) is 4.72 Å². The number of aromatic hydroxyl groups is 1. The topological polar surface area (TPSA) is 147 Å². The van der Waals surface area contributed by atoms with E-state index in [9.17, 15) is 18.3 Å². The number of nitrogens with one attached hydrogen (secondary N) is 1. The van der Waals surface area contributed by atoms with Crippen molar-refractivity contribution in [3.63, 3.8) is 0 Å². The summed E-state index contributed by atoms with van der Waals surface area (Å²) in [5.74, 6) is -2.23. The Bertz CT molecular complexity index is 769. The van der Waals surface area contributed by atoms with Gasteiger partial charge < -0.3 is 10.2 Å². The van der Waals surface area contributed by atoms with Crippen molar-refractivity contribution in [1.29, 1.82) is 0 Å². The maximum absolute atomic E-state index is 12.0. The molecule has 0 amide bonds. The van der Waals surface area contributed by atoms with Gasteiger partial charge >= 0.3 is 5.97 Å². The van der Waals surface area contributed by atoms with Crippen molar-refractivity contribution in [3.05, 3.63) is 23.8 Å². The zero-order valence-corrected chi connectivity index (χ0v) is 10.9. The number of anilines is 1. The number of rotatable bonds is 4. The van der Waals surface area contributed by atoms with Gasteiger partial charge in [-0.1, -0.05) is 5.10 Å². The van der Waals surface area contributed by atoms with Gasteiger partial charge in [0.15, 0.2) is 0 Å². The summed E-state index contributed by atoms with van der Waals surface area (Å²) in [7, 11) is -2.62. The zero-order chi connectivity index (χ0) is 14.9. The average molecular weight is 299 g/mol. The molecule has 11 heteroatoms. The molecular weight excluding hydrogens is 290 g/mol. The summed E-state index contributed by atoms with van der Waals surface area (Å²) in [5, 5.41) is 28.7. The van der Waals surface area contributed by atoms with Crippen LogP contribution in [0.3, 0.4) is 0 Å². The molecule has 0 unspecified atom stereocenters. The van der Waals surface area contributed by atoms with Crippen molar-refractivity contribution >= 4 is 21.9 Å². The van der Waals surface area contributed by atoms with E-state index in [2.05, 4.69) is 15.4 Å². The molecule has 0 spiro atoms. The number of aryl methyl sites for hydroxylation is 1. The second-order valence-electron chi connectivity index (χ2n) is 3.69. The van der Waals surface area contributed by atoms with Gasteiger partial charge in [-0.2, -0.15) is 4.80 Å². The third kappa shape index (κ3) is 2.66. The van der Waals surface area contributed by atoms with E-state index in [-0.39, 0.29) is 10.8 Å². The van der Waals surface area contributed by atoms with E-state index in [0.29, 0.717) is 0 Å². The summed E-state index contributed by atoms with van der Waals surface area (Å²) in [5.41, 5.74) is -0.528. The summed E-state index contributed by atoms with van der Waals surface area (Å²) in [6.07, 6.45) is 0. The first-order chi connectivity index (χ1) is 9.29. The number of hydrogen-bond acceptors (Lipinski definition) is 7. The number of aromatic carboxylic acids is 1. The van der Waals surface area contributed by atoms with Crippen LogP contribution < -0.4 is 4.72 Å². The number of tetrazole rings is 1. The Balaban J connectivity index is 2.39. The molecule has 0 aliphatic carbocycles. The Kier molecular flexibility index (Phi) is 3.28. The summed E-state index contributed by atoms with van der Waals surface area (Å²) in [6, 6.07) is 2.86. The van der Waals surface area contributed by atoms with Crippen molar-refractivity contribution in [2.24, 2.45) is 7.05 Å². The molecule has 1 heterocycles. The average Bonchev–Trinajstić information content (AvgIpc) is 2.73. The number of hydrogen-bond donors (Lipinski definition) is 3. The number of carbonyl (C=O) groups is 1. The predicted molar refractivity (Wildman–Crippen MR) is 64.7 cm³/mol. The highest BCUT2D eigenvalue weighted by atomic mass is 32.2. The Hall–Kier alpha value is -2.69. The number of carboxylic acid groups (broad SMARTS) is 1. The Morgan fingerprint density at radius 2 is 2.10 bits per heavy atom. The maximum Gasteiger partial charge on any atom is 0.339 e. The first-order valence-electron chi connectivity index (χ1n) is 5.13. The van der Waals surface area contributed by atoms with Crippen LogP contribution in [0.25, 0.3) is 0 Å². The van der Waals surface area contributed by atoms with Gasteiger partial charge in [0.05, 0.1) is 11.9 Å². The molecule has 0 atom stereocenters. The molecule has 2 aromatic rings. The van der Waals surface area contributed by atoms with E-state index in [4.69, 9.17) is 5.11 Å². The Labute approximate surface area is 112 Å². The van der Waals surface area contributed by atoms with Crippen LogP contribution in [0.4, 0.5) is 5.95 Å². The predicted octanol–water partition coefficient (Wildman–Crippen LogP) is -0.585. The lowest BCUT2D eigenvalue weighted by Crippen LogP contribution is -2.15. The fourth-order valence-electron chi connectivity index (χ4n) is 1.36. The summed E-state index contributed by atoms with van der Waals surface area (Å²) < 4.78 is 26.0. The van der Waals surface area contributed by atoms with E-state index in [1.54, 1.807) is 0 Å². The highest BCUT2D eigenvalue weighted by Gasteiger charge is 2.20. The second-order valence-corrected chi connectivity index (χ2v) is 5.37. The smallest absolute Gasteiger partial charge is 0.339 e. The summed E-state index contributed by atoms with van der Waals surface area (Å²) in [4.78, 5) is 11.6. The zero-order valence-electron chi connectivity index (χ0n) is 10.0. The lowest BCUT2D eigenvalue weighted by Gasteiger charge is -2.06. The Morgan fingerprint density at radius 1 is 1.40 bits per heavy atom. The number of carboxylic acids is 1. The highest BCUT2D eigenvalue weighted by Crippen LogP contribution is 2.22. The molecule has 106 valence electrons. The van der Waals surface area contributed by atoms with Gasteiger partial charge in [-0.25, -0.2) is 17.9 Å². The van der Waals surface area contributed by atoms with Crippen molar-refractivity contribution in [2.75, 3.05) is 4.72 Å². The number of nitrogens with zero attached hydrogens (tertiary/aromatic N) is 4. The standard InChI is InChI=1S/C9H9N5O5S/c1-14-11-9(10-13-14)12-20(18,19)5-2-3-7(15)6(4-5)8(16)17/h2-4,15H,1H3,(H,11,12)(H,16,17). The Morgan fingerprint density at radius 3 is 2.65 bits per heavy atom. The molecule has 2 rings (SSSR count). The fourth-order valence-corrected chi connectivity index (χ4v) is 2.32. The largest absolute Gasteiger partial charge is 0.507 e. The van der Waals surface area contributed by atoms with E-state index >= 15 is 0 Å². The SMILES string of the molecule is Cn1nnc(NS(=O)(=O)c2ccc(O)c(C(=O)O)c2)n1. The van der Waals surface area contributed by atoms with Crippen molar-refractivity contribution in [1.82, 2.24) is 20.2 Å². The molecule has 20 heavy (non-hydrogen) atoms. The van der Waals surface area contributed by atoms with Gasteiger partial charge in [0, 0.05) is 0 Å². The fraction of sp³-hybridized carbons (Fsp3) is 0.111. The third-order valence-electron chi connectivity index (χ3n) is 2.24. The van der Waals surface area contributed by atoms with Crippen molar-refractivity contribution < 1.29 is 23.4 Å². The van der Waals surface area contributed by atoms with Gasteiger partial charge in [0.25, 0.3) is 16.0 Å². The number of phenols is 1. The molecule has 0 saturated heterocycles. The van der Waals surface area contributed by atoms with Crippen LogP contribution in [0.15, 0.2) is 23.1 Å². The van der Waals surface area contributed by atoms with Crippen molar-refractivity contribution in [2.45, 2.75) is 4.90 Å². The summed E-state index contributed by atoms with van der Waals surface area (Å²) in [6.45, 7) is 0. The minimum absolute atomic E-state index is 0.252. The summed E-state index contributed by atoms with van der Waals surface area (Å²) >= 11 is 0. The molecule has 0 aliphatic heterocycles. The number of aromatic nitrogens is 4. The third-order valence-corrected chi connectivity index (χ3v) is 3.57. The molecular formula is C9H9N5O5S. The van der Waals surface area contributed by atoms with E-state index < -0.39 is 27.3 Å².